The van der Waals surface area contributed by atoms with Gasteiger partial charge in [0.1, 0.15) is 5.54 Å². The van der Waals surface area contributed by atoms with Crippen molar-refractivity contribution in [2.75, 3.05) is 0 Å². The van der Waals surface area contributed by atoms with Crippen LogP contribution in [-0.4, -0.2) is 28.7 Å². The van der Waals surface area contributed by atoms with Gasteiger partial charge in [-0.15, -0.1) is 0 Å². The molecule has 2 amide bonds. The first-order valence-corrected chi connectivity index (χ1v) is 6.68. The highest BCUT2D eigenvalue weighted by Gasteiger charge is 2.42. The monoisotopic (exact) mass is 256 g/mol. The first-order valence-electron chi connectivity index (χ1n) is 6.68. The number of urea groups is 1. The van der Waals surface area contributed by atoms with Crippen molar-refractivity contribution in [3.8, 4) is 0 Å². The number of carbonyl (C=O) groups is 2. The summed E-state index contributed by atoms with van der Waals surface area (Å²) in [5, 5.41) is 14.7. The molecule has 0 spiro atoms. The summed E-state index contributed by atoms with van der Waals surface area (Å²) in [6.45, 7) is 6.11. The fourth-order valence-electron chi connectivity index (χ4n) is 2.61. The van der Waals surface area contributed by atoms with Crippen molar-refractivity contribution >= 4 is 12.0 Å². The lowest BCUT2D eigenvalue weighted by Crippen LogP contribution is -2.56. The smallest absolute Gasteiger partial charge is 0.329 e. The van der Waals surface area contributed by atoms with Crippen LogP contribution in [0.2, 0.25) is 0 Å². The van der Waals surface area contributed by atoms with Gasteiger partial charge in [0.05, 0.1) is 0 Å². The van der Waals surface area contributed by atoms with Gasteiger partial charge < -0.3 is 15.7 Å². The number of carbonyl (C=O) groups excluding carboxylic acids is 1. The average Bonchev–Trinajstić information content (AvgIpc) is 2.65. The quantitative estimate of drug-likeness (QED) is 0.705. The SMILES string of the molecule is CC(C)CC(C)NC(=O)NC1(C(=O)O)CCCC1. The molecule has 1 atom stereocenters. The lowest BCUT2D eigenvalue weighted by atomic mass is 9.98. The van der Waals surface area contributed by atoms with Crippen molar-refractivity contribution in [1.82, 2.24) is 10.6 Å². The minimum Gasteiger partial charge on any atom is -0.480 e. The molecule has 0 aromatic heterocycles. The number of aliphatic carboxylic acids is 1. The third-order valence-corrected chi connectivity index (χ3v) is 3.42. The molecule has 1 aliphatic rings. The highest BCUT2D eigenvalue weighted by molar-refractivity contribution is 5.86. The molecule has 0 aromatic rings. The van der Waals surface area contributed by atoms with Crippen LogP contribution in [0.1, 0.15) is 52.9 Å². The van der Waals surface area contributed by atoms with E-state index in [0.29, 0.717) is 18.8 Å². The molecule has 0 saturated heterocycles. The topological polar surface area (TPSA) is 78.4 Å². The molecule has 1 rings (SSSR count). The molecule has 1 aliphatic carbocycles. The van der Waals surface area contributed by atoms with Gasteiger partial charge in [-0.05, 0) is 32.1 Å². The summed E-state index contributed by atoms with van der Waals surface area (Å²) in [5.74, 6) is -0.424. The van der Waals surface area contributed by atoms with E-state index >= 15 is 0 Å². The molecule has 0 heterocycles. The molecule has 18 heavy (non-hydrogen) atoms. The summed E-state index contributed by atoms with van der Waals surface area (Å²) in [4.78, 5) is 23.1. The van der Waals surface area contributed by atoms with Gasteiger partial charge in [0, 0.05) is 6.04 Å². The molecule has 1 saturated carbocycles. The van der Waals surface area contributed by atoms with E-state index in [-0.39, 0.29) is 12.1 Å². The molecule has 3 N–H and O–H groups in total. The van der Waals surface area contributed by atoms with E-state index in [1.807, 2.05) is 6.92 Å². The van der Waals surface area contributed by atoms with Gasteiger partial charge in [0.2, 0.25) is 0 Å². The second-order valence-corrected chi connectivity index (χ2v) is 5.72. The summed E-state index contributed by atoms with van der Waals surface area (Å²) >= 11 is 0. The van der Waals surface area contributed by atoms with E-state index < -0.39 is 11.5 Å². The summed E-state index contributed by atoms with van der Waals surface area (Å²) in [5.41, 5.74) is -1.05. The summed E-state index contributed by atoms with van der Waals surface area (Å²) < 4.78 is 0. The fourth-order valence-corrected chi connectivity index (χ4v) is 2.61. The molecule has 0 aromatic carbocycles. The Kier molecular flexibility index (Phi) is 4.99. The van der Waals surface area contributed by atoms with Crippen LogP contribution in [0.15, 0.2) is 0 Å². The maximum Gasteiger partial charge on any atom is 0.329 e. The number of hydrogen-bond acceptors (Lipinski definition) is 2. The molecular weight excluding hydrogens is 232 g/mol. The van der Waals surface area contributed by atoms with Crippen LogP contribution < -0.4 is 10.6 Å². The van der Waals surface area contributed by atoms with Gasteiger partial charge in [0.25, 0.3) is 0 Å². The van der Waals surface area contributed by atoms with Crippen molar-refractivity contribution in [3.05, 3.63) is 0 Å². The molecular formula is C13H24N2O3. The number of amides is 2. The van der Waals surface area contributed by atoms with Crippen molar-refractivity contribution in [3.63, 3.8) is 0 Å². The molecule has 104 valence electrons. The maximum atomic E-state index is 11.8. The molecule has 5 heteroatoms. The number of nitrogens with one attached hydrogen (secondary N) is 2. The minimum atomic E-state index is -1.05. The third-order valence-electron chi connectivity index (χ3n) is 3.42. The van der Waals surface area contributed by atoms with Crippen LogP contribution in [0.3, 0.4) is 0 Å². The normalized spacial score (nSPS) is 19.6. The van der Waals surface area contributed by atoms with Gasteiger partial charge in [-0.1, -0.05) is 26.7 Å². The van der Waals surface area contributed by atoms with Crippen molar-refractivity contribution in [1.29, 1.82) is 0 Å². The molecule has 0 bridgehead atoms. The standard InChI is InChI=1S/C13H24N2O3/c1-9(2)8-10(3)14-12(18)15-13(11(16)17)6-4-5-7-13/h9-10H,4-8H2,1-3H3,(H,16,17)(H2,14,15,18). The first-order chi connectivity index (χ1) is 8.35. The zero-order chi connectivity index (χ0) is 13.8. The average molecular weight is 256 g/mol. The predicted octanol–water partition coefficient (Wildman–Crippen LogP) is 2.12. The Morgan fingerprint density at radius 1 is 1.22 bits per heavy atom. The number of carboxylic acids is 1. The van der Waals surface area contributed by atoms with Crippen LogP contribution in [0.4, 0.5) is 4.79 Å². The fraction of sp³-hybridized carbons (Fsp3) is 0.846. The second-order valence-electron chi connectivity index (χ2n) is 5.72. The maximum absolute atomic E-state index is 11.8. The van der Waals surface area contributed by atoms with E-state index in [0.717, 1.165) is 19.3 Å². The Labute approximate surface area is 108 Å². The Morgan fingerprint density at radius 3 is 2.22 bits per heavy atom. The zero-order valence-electron chi connectivity index (χ0n) is 11.5. The minimum absolute atomic E-state index is 0.0530. The van der Waals surface area contributed by atoms with E-state index in [1.165, 1.54) is 0 Å². The van der Waals surface area contributed by atoms with Gasteiger partial charge in [-0.25, -0.2) is 9.59 Å². The van der Waals surface area contributed by atoms with E-state index in [4.69, 9.17) is 0 Å². The predicted molar refractivity (Wildman–Crippen MR) is 69.4 cm³/mol. The molecule has 5 nitrogen and oxygen atoms in total. The summed E-state index contributed by atoms with van der Waals surface area (Å²) in [6.07, 6.45) is 3.64. The third kappa shape index (κ3) is 3.89. The van der Waals surface area contributed by atoms with Gasteiger partial charge in [-0.3, -0.25) is 0 Å². The Bertz CT molecular complexity index is 309. The van der Waals surface area contributed by atoms with Gasteiger partial charge >= 0.3 is 12.0 Å². The first kappa shape index (κ1) is 14.8. The lowest BCUT2D eigenvalue weighted by molar-refractivity contribution is -0.144. The van der Waals surface area contributed by atoms with Crippen molar-refractivity contribution < 1.29 is 14.7 Å². The van der Waals surface area contributed by atoms with Gasteiger partial charge in [-0.2, -0.15) is 0 Å². The zero-order valence-corrected chi connectivity index (χ0v) is 11.5. The lowest BCUT2D eigenvalue weighted by Gasteiger charge is -2.26. The second kappa shape index (κ2) is 6.07. The molecule has 0 aliphatic heterocycles. The van der Waals surface area contributed by atoms with E-state index in [2.05, 4.69) is 24.5 Å². The largest absolute Gasteiger partial charge is 0.480 e. The molecule has 0 radical (unpaired) electrons. The Balaban J connectivity index is 2.50. The van der Waals surface area contributed by atoms with Crippen molar-refractivity contribution in [2.24, 2.45) is 5.92 Å². The summed E-state index contributed by atoms with van der Waals surface area (Å²) in [6, 6.07) is -0.315. The van der Waals surface area contributed by atoms with Crippen LogP contribution in [0.5, 0.6) is 0 Å². The highest BCUT2D eigenvalue weighted by Crippen LogP contribution is 2.29. The number of carboxylic acid groups (broad SMARTS) is 1. The van der Waals surface area contributed by atoms with Crippen LogP contribution in [0, 0.1) is 5.92 Å². The van der Waals surface area contributed by atoms with Crippen LogP contribution in [0.25, 0.3) is 0 Å². The number of hydrogen-bond donors (Lipinski definition) is 3. The Morgan fingerprint density at radius 2 is 1.78 bits per heavy atom. The number of rotatable bonds is 5. The highest BCUT2D eigenvalue weighted by atomic mass is 16.4. The Hall–Kier alpha value is -1.26. The van der Waals surface area contributed by atoms with E-state index in [1.54, 1.807) is 0 Å². The van der Waals surface area contributed by atoms with E-state index in [9.17, 15) is 14.7 Å². The summed E-state index contributed by atoms with van der Waals surface area (Å²) in [7, 11) is 0. The van der Waals surface area contributed by atoms with Crippen LogP contribution >= 0.6 is 0 Å². The van der Waals surface area contributed by atoms with Crippen molar-refractivity contribution in [2.45, 2.75) is 64.5 Å². The molecule has 1 fully saturated rings. The van der Waals surface area contributed by atoms with Crippen LogP contribution in [-0.2, 0) is 4.79 Å². The molecule has 1 unspecified atom stereocenters. The van der Waals surface area contributed by atoms with Gasteiger partial charge in [0.15, 0.2) is 0 Å².